The second-order valence-corrected chi connectivity index (χ2v) is 5.57. The van der Waals surface area contributed by atoms with Crippen molar-refractivity contribution in [3.8, 4) is 0 Å². The molecule has 0 spiro atoms. The van der Waals surface area contributed by atoms with Crippen LogP contribution >= 0.6 is 0 Å². The van der Waals surface area contributed by atoms with Crippen molar-refractivity contribution in [2.75, 3.05) is 37.5 Å². The molecule has 2 rings (SSSR count). The van der Waals surface area contributed by atoms with E-state index in [9.17, 15) is 8.42 Å². The summed E-state index contributed by atoms with van der Waals surface area (Å²) in [5.41, 5.74) is 9.91. The van der Waals surface area contributed by atoms with Crippen LogP contribution in [0.1, 0.15) is 0 Å². The maximum Gasteiger partial charge on any atom is 0.238 e. The highest BCUT2D eigenvalue weighted by molar-refractivity contribution is 7.89. The lowest BCUT2D eigenvalue weighted by Crippen LogP contribution is -2.40. The maximum atomic E-state index is 11.2. The molecule has 8 heteroatoms. The molecular formula is C10H16N4O3S. The van der Waals surface area contributed by atoms with Crippen LogP contribution in [-0.2, 0) is 14.8 Å². The average Bonchev–Trinajstić information content (AvgIpc) is 2.32. The Hall–Kier alpha value is -1.35. The zero-order valence-corrected chi connectivity index (χ0v) is 10.6. The summed E-state index contributed by atoms with van der Waals surface area (Å²) in [4.78, 5) is 0.00697. The van der Waals surface area contributed by atoms with Crippen LogP contribution in [-0.4, -0.2) is 39.7 Å². The number of rotatable bonds is 3. The van der Waals surface area contributed by atoms with Crippen LogP contribution in [0.15, 0.2) is 23.1 Å². The van der Waals surface area contributed by atoms with E-state index in [0.717, 1.165) is 13.1 Å². The second-order valence-electron chi connectivity index (χ2n) is 4.01. The first kappa shape index (κ1) is 13.1. The van der Waals surface area contributed by atoms with Gasteiger partial charge in [0.2, 0.25) is 10.0 Å². The highest BCUT2D eigenvalue weighted by atomic mass is 32.2. The quantitative estimate of drug-likeness (QED) is 0.644. The summed E-state index contributed by atoms with van der Waals surface area (Å²) in [7, 11) is -3.72. The molecule has 0 atom stereocenters. The smallest absolute Gasteiger partial charge is 0.238 e. The zero-order chi connectivity index (χ0) is 13.2. The minimum atomic E-state index is -3.72. The molecule has 18 heavy (non-hydrogen) atoms. The summed E-state index contributed by atoms with van der Waals surface area (Å²) in [5.74, 6) is 0. The van der Waals surface area contributed by atoms with E-state index in [1.165, 1.54) is 12.1 Å². The predicted octanol–water partition coefficient (Wildman–Crippen LogP) is -0.425. The van der Waals surface area contributed by atoms with Crippen LogP contribution in [0.4, 0.5) is 11.4 Å². The number of nitrogens with one attached hydrogen (secondary N) is 1. The van der Waals surface area contributed by atoms with Gasteiger partial charge < -0.3 is 15.9 Å². The molecule has 0 saturated carbocycles. The van der Waals surface area contributed by atoms with Gasteiger partial charge in [0, 0.05) is 13.1 Å². The molecule has 0 aromatic heterocycles. The molecule has 1 aliphatic rings. The van der Waals surface area contributed by atoms with Gasteiger partial charge in [-0.2, -0.15) is 0 Å². The molecule has 1 aliphatic heterocycles. The minimum absolute atomic E-state index is 0.00697. The van der Waals surface area contributed by atoms with Crippen molar-refractivity contribution in [3.05, 3.63) is 18.2 Å². The summed E-state index contributed by atoms with van der Waals surface area (Å²) in [6.45, 7) is 2.80. The van der Waals surface area contributed by atoms with Crippen LogP contribution in [0.25, 0.3) is 0 Å². The molecule has 5 N–H and O–H groups in total. The molecule has 0 radical (unpaired) electrons. The molecule has 1 aromatic rings. The van der Waals surface area contributed by atoms with E-state index < -0.39 is 10.0 Å². The number of ether oxygens (including phenoxy) is 1. The van der Waals surface area contributed by atoms with Gasteiger partial charge in [-0.1, -0.05) is 0 Å². The van der Waals surface area contributed by atoms with Crippen LogP contribution in [0, 0.1) is 0 Å². The number of anilines is 2. The zero-order valence-electron chi connectivity index (χ0n) is 9.80. The molecule has 0 amide bonds. The molecule has 0 aliphatic carbocycles. The van der Waals surface area contributed by atoms with Crippen LogP contribution in [0.3, 0.4) is 0 Å². The first-order valence-electron chi connectivity index (χ1n) is 5.48. The summed E-state index contributed by atoms with van der Waals surface area (Å²) in [6, 6.07) is 4.37. The first-order valence-corrected chi connectivity index (χ1v) is 7.03. The van der Waals surface area contributed by atoms with E-state index in [1.807, 2.05) is 5.01 Å². The van der Waals surface area contributed by atoms with Crippen molar-refractivity contribution < 1.29 is 13.2 Å². The normalized spacial score (nSPS) is 17.6. The third kappa shape index (κ3) is 3.10. The van der Waals surface area contributed by atoms with Gasteiger partial charge in [-0.3, -0.25) is 0 Å². The highest BCUT2D eigenvalue weighted by Crippen LogP contribution is 2.22. The van der Waals surface area contributed by atoms with E-state index in [0.29, 0.717) is 24.6 Å². The van der Waals surface area contributed by atoms with Gasteiger partial charge in [-0.15, -0.1) is 0 Å². The van der Waals surface area contributed by atoms with Crippen molar-refractivity contribution in [1.82, 2.24) is 5.01 Å². The fraction of sp³-hybridized carbons (Fsp3) is 0.400. The van der Waals surface area contributed by atoms with E-state index in [4.69, 9.17) is 15.6 Å². The van der Waals surface area contributed by atoms with E-state index in [2.05, 4.69) is 5.43 Å². The minimum Gasteiger partial charge on any atom is -0.397 e. The van der Waals surface area contributed by atoms with Crippen molar-refractivity contribution in [2.24, 2.45) is 5.14 Å². The molecule has 1 aromatic carbocycles. The fourth-order valence-electron chi connectivity index (χ4n) is 1.67. The van der Waals surface area contributed by atoms with E-state index in [-0.39, 0.29) is 4.90 Å². The Kier molecular flexibility index (Phi) is 3.71. The first-order chi connectivity index (χ1) is 8.47. The molecule has 100 valence electrons. The number of hydrogen-bond donors (Lipinski definition) is 3. The molecule has 1 fully saturated rings. The lowest BCUT2D eigenvalue weighted by atomic mass is 10.3. The number of morpholine rings is 1. The van der Waals surface area contributed by atoms with Crippen LogP contribution in [0.2, 0.25) is 0 Å². The number of hydrazine groups is 1. The molecule has 1 saturated heterocycles. The Morgan fingerprint density at radius 2 is 1.94 bits per heavy atom. The summed E-state index contributed by atoms with van der Waals surface area (Å²) >= 11 is 0. The maximum absolute atomic E-state index is 11.2. The van der Waals surface area contributed by atoms with Gasteiger partial charge >= 0.3 is 0 Å². The van der Waals surface area contributed by atoms with Crippen LogP contribution in [0.5, 0.6) is 0 Å². The van der Waals surface area contributed by atoms with Crippen molar-refractivity contribution in [2.45, 2.75) is 4.90 Å². The summed E-state index contributed by atoms with van der Waals surface area (Å²) in [5, 5.41) is 6.99. The van der Waals surface area contributed by atoms with Gasteiger partial charge in [-0.25, -0.2) is 18.6 Å². The summed E-state index contributed by atoms with van der Waals surface area (Å²) < 4.78 is 27.5. The van der Waals surface area contributed by atoms with Gasteiger partial charge in [0.15, 0.2) is 0 Å². The summed E-state index contributed by atoms with van der Waals surface area (Å²) in [6.07, 6.45) is 0. The van der Waals surface area contributed by atoms with Crippen molar-refractivity contribution >= 4 is 21.4 Å². The van der Waals surface area contributed by atoms with Crippen LogP contribution < -0.4 is 16.3 Å². The average molecular weight is 272 g/mol. The monoisotopic (exact) mass is 272 g/mol. The largest absolute Gasteiger partial charge is 0.397 e. The molecule has 0 bridgehead atoms. The standard InChI is InChI=1S/C10H16N4O3S/c11-9-7-8(18(12,15)16)1-2-10(9)13-14-3-5-17-6-4-14/h1-2,7,13H,3-6,11H2,(H2,12,15,16). The number of nitrogen functional groups attached to an aromatic ring is 1. The van der Waals surface area contributed by atoms with E-state index in [1.54, 1.807) is 6.07 Å². The number of nitrogens with two attached hydrogens (primary N) is 2. The van der Waals surface area contributed by atoms with Crippen molar-refractivity contribution in [3.63, 3.8) is 0 Å². The fourth-order valence-corrected chi connectivity index (χ4v) is 2.21. The second kappa shape index (κ2) is 5.11. The Bertz CT molecular complexity index is 526. The molecule has 7 nitrogen and oxygen atoms in total. The third-order valence-corrected chi connectivity index (χ3v) is 3.55. The predicted molar refractivity (Wildman–Crippen MR) is 68.2 cm³/mol. The molecule has 1 heterocycles. The lowest BCUT2D eigenvalue weighted by Gasteiger charge is -2.28. The molecular weight excluding hydrogens is 256 g/mol. The SMILES string of the molecule is Nc1cc(S(N)(=O)=O)ccc1NN1CCOCC1. The number of nitrogens with zero attached hydrogens (tertiary/aromatic N) is 1. The number of hydrogen-bond acceptors (Lipinski definition) is 6. The Balaban J connectivity index is 2.14. The number of sulfonamides is 1. The van der Waals surface area contributed by atoms with Gasteiger partial charge in [-0.05, 0) is 18.2 Å². The Morgan fingerprint density at radius 1 is 1.28 bits per heavy atom. The topological polar surface area (TPSA) is 111 Å². The molecule has 0 unspecified atom stereocenters. The van der Waals surface area contributed by atoms with Gasteiger partial charge in [0.1, 0.15) is 0 Å². The van der Waals surface area contributed by atoms with Gasteiger partial charge in [0.05, 0.1) is 29.5 Å². The Labute approximate surface area is 106 Å². The van der Waals surface area contributed by atoms with Gasteiger partial charge in [0.25, 0.3) is 0 Å². The van der Waals surface area contributed by atoms with E-state index >= 15 is 0 Å². The highest BCUT2D eigenvalue weighted by Gasteiger charge is 2.13. The number of primary sulfonamides is 1. The van der Waals surface area contributed by atoms with Crippen molar-refractivity contribution in [1.29, 1.82) is 0 Å². The Morgan fingerprint density at radius 3 is 2.50 bits per heavy atom. The third-order valence-electron chi connectivity index (χ3n) is 2.64. The number of benzene rings is 1. The lowest BCUT2D eigenvalue weighted by molar-refractivity contribution is 0.0497.